The van der Waals surface area contributed by atoms with Crippen LogP contribution in [0.3, 0.4) is 0 Å². The Kier molecular flexibility index (Phi) is 8.36. The molecule has 0 aromatic heterocycles. The predicted octanol–water partition coefficient (Wildman–Crippen LogP) is 8.02. The van der Waals surface area contributed by atoms with E-state index in [9.17, 15) is 0 Å². The largest absolute Gasteiger partial charge is 0.0927 e. The first-order valence-electron chi connectivity index (χ1n) is 10.6. The standard InChI is InChI=1S/C21H42P2/c1-7-17-11-12-18(8-2)22(17)21(15-16(5)6)23-19(9-3)13-14-20(23)10-4/h16-21H,7-15H2,1-6H3/t17-,18-,19-,20-/m1/s1. The van der Waals surface area contributed by atoms with Crippen molar-refractivity contribution >= 4 is 15.8 Å². The summed E-state index contributed by atoms with van der Waals surface area (Å²) in [5.41, 5.74) is 4.43. The second-order valence-electron chi connectivity index (χ2n) is 8.41. The number of hydrogen-bond acceptors (Lipinski definition) is 0. The maximum Gasteiger partial charge on any atom is 0.000653 e. The van der Waals surface area contributed by atoms with E-state index in [1.165, 1.54) is 25.7 Å². The van der Waals surface area contributed by atoms with Crippen LogP contribution in [0, 0.1) is 5.92 Å². The molecule has 0 aromatic carbocycles. The molecule has 0 unspecified atom stereocenters. The highest BCUT2D eigenvalue weighted by atomic mass is 31.2. The Labute approximate surface area is 149 Å². The van der Waals surface area contributed by atoms with Gasteiger partial charge in [-0.3, -0.25) is 0 Å². The van der Waals surface area contributed by atoms with Crippen LogP contribution < -0.4 is 0 Å². The summed E-state index contributed by atoms with van der Waals surface area (Å²) in [6.07, 6.45) is 13.7. The van der Waals surface area contributed by atoms with E-state index in [4.69, 9.17) is 0 Å². The summed E-state index contributed by atoms with van der Waals surface area (Å²) < 4.78 is 0. The molecule has 0 bridgehead atoms. The molecular formula is C21H42P2. The van der Waals surface area contributed by atoms with Gasteiger partial charge in [-0.1, -0.05) is 57.4 Å². The van der Waals surface area contributed by atoms with Crippen LogP contribution in [0.1, 0.15) is 99.3 Å². The average molecular weight is 357 g/mol. The van der Waals surface area contributed by atoms with E-state index in [0.717, 1.165) is 34.0 Å². The van der Waals surface area contributed by atoms with Crippen molar-refractivity contribution in [2.75, 3.05) is 0 Å². The van der Waals surface area contributed by atoms with E-state index in [0.29, 0.717) is 0 Å². The predicted molar refractivity (Wildman–Crippen MR) is 112 cm³/mol. The topological polar surface area (TPSA) is 0 Å². The zero-order valence-electron chi connectivity index (χ0n) is 16.7. The van der Waals surface area contributed by atoms with Crippen LogP contribution in [0.4, 0.5) is 0 Å². The summed E-state index contributed by atoms with van der Waals surface area (Å²) >= 11 is 0. The summed E-state index contributed by atoms with van der Waals surface area (Å²) in [5.74, 6) is 0.899. The van der Waals surface area contributed by atoms with E-state index < -0.39 is 0 Å². The molecule has 0 aromatic rings. The van der Waals surface area contributed by atoms with Gasteiger partial charge in [0.25, 0.3) is 0 Å². The molecule has 2 fully saturated rings. The van der Waals surface area contributed by atoms with Crippen LogP contribution in [0.2, 0.25) is 0 Å². The molecule has 0 spiro atoms. The minimum atomic E-state index is 0.285. The van der Waals surface area contributed by atoms with Crippen molar-refractivity contribution in [3.8, 4) is 0 Å². The maximum absolute atomic E-state index is 2.49. The third kappa shape index (κ3) is 4.53. The molecular weight excluding hydrogens is 314 g/mol. The zero-order chi connectivity index (χ0) is 17.0. The lowest BCUT2D eigenvalue weighted by atomic mass is 10.1. The monoisotopic (exact) mass is 356 g/mol. The molecule has 136 valence electrons. The van der Waals surface area contributed by atoms with Crippen molar-refractivity contribution in [3.63, 3.8) is 0 Å². The van der Waals surface area contributed by atoms with Crippen molar-refractivity contribution in [1.29, 1.82) is 0 Å². The lowest BCUT2D eigenvalue weighted by molar-refractivity contribution is 0.608. The fourth-order valence-electron chi connectivity index (χ4n) is 5.41. The second-order valence-corrected chi connectivity index (χ2v) is 14.8. The van der Waals surface area contributed by atoms with Gasteiger partial charge in [0.05, 0.1) is 0 Å². The summed E-state index contributed by atoms with van der Waals surface area (Å²) in [5, 5.41) is 1.15. The SMILES string of the molecule is CC[C@@H]1CC[C@@H](CC)P1C(CC(C)C)P1[C@H](CC)CC[C@H]1CC. The molecule has 0 amide bonds. The van der Waals surface area contributed by atoms with Gasteiger partial charge in [0.15, 0.2) is 0 Å². The second kappa shape index (κ2) is 9.53. The van der Waals surface area contributed by atoms with Crippen LogP contribution in [0.5, 0.6) is 0 Å². The summed E-state index contributed by atoms with van der Waals surface area (Å²) in [6.45, 7) is 14.9. The number of hydrogen-bond donors (Lipinski definition) is 0. The Hall–Kier alpha value is 0.860. The molecule has 2 saturated heterocycles. The van der Waals surface area contributed by atoms with E-state index >= 15 is 0 Å². The van der Waals surface area contributed by atoms with Gasteiger partial charge in [-0.25, -0.2) is 0 Å². The number of rotatable bonds is 8. The fraction of sp³-hybridized carbons (Fsp3) is 1.00. The van der Waals surface area contributed by atoms with Crippen molar-refractivity contribution in [1.82, 2.24) is 0 Å². The minimum absolute atomic E-state index is 0.285. The normalized spacial score (nSPS) is 33.4. The Balaban J connectivity index is 2.30. The summed E-state index contributed by atoms with van der Waals surface area (Å²) in [4.78, 5) is 0. The molecule has 2 aliphatic heterocycles. The lowest BCUT2D eigenvalue weighted by Gasteiger charge is -2.42. The average Bonchev–Trinajstić information content (AvgIpc) is 3.15. The molecule has 23 heavy (non-hydrogen) atoms. The first-order chi connectivity index (χ1) is 11.1. The van der Waals surface area contributed by atoms with E-state index in [1.807, 2.05) is 0 Å². The van der Waals surface area contributed by atoms with Crippen LogP contribution in [0.25, 0.3) is 0 Å². The molecule has 2 heteroatoms. The first-order valence-corrected chi connectivity index (χ1v) is 13.7. The zero-order valence-corrected chi connectivity index (χ0v) is 18.5. The van der Waals surface area contributed by atoms with Gasteiger partial charge in [0.2, 0.25) is 0 Å². The van der Waals surface area contributed by atoms with Crippen molar-refractivity contribution in [3.05, 3.63) is 0 Å². The molecule has 4 atom stereocenters. The molecule has 0 aliphatic carbocycles. The highest BCUT2D eigenvalue weighted by Gasteiger charge is 2.46. The highest BCUT2D eigenvalue weighted by molar-refractivity contribution is 7.77. The fourth-order valence-corrected chi connectivity index (χ4v) is 16.9. The van der Waals surface area contributed by atoms with Crippen LogP contribution in [-0.2, 0) is 0 Å². The molecule has 2 rings (SSSR count). The van der Waals surface area contributed by atoms with Gasteiger partial charge in [-0.05, 0) is 86.3 Å². The molecule has 0 N–H and O–H groups in total. The van der Waals surface area contributed by atoms with Crippen molar-refractivity contribution < 1.29 is 0 Å². The lowest BCUT2D eigenvalue weighted by Crippen LogP contribution is -2.22. The Bertz CT molecular complexity index is 289. The van der Waals surface area contributed by atoms with Gasteiger partial charge in [-0.15, -0.1) is 0 Å². The van der Waals surface area contributed by atoms with Gasteiger partial charge in [0, 0.05) is 5.40 Å². The van der Waals surface area contributed by atoms with Crippen LogP contribution >= 0.6 is 15.8 Å². The third-order valence-corrected chi connectivity index (χ3v) is 15.9. The van der Waals surface area contributed by atoms with Crippen molar-refractivity contribution in [2.24, 2.45) is 5.92 Å². The Morgan fingerprint density at radius 2 is 0.957 bits per heavy atom. The van der Waals surface area contributed by atoms with Crippen LogP contribution in [0.15, 0.2) is 0 Å². The molecule has 0 radical (unpaired) electrons. The quantitative estimate of drug-likeness (QED) is 0.386. The summed E-state index contributed by atoms with van der Waals surface area (Å²) in [7, 11) is 0.570. The molecule has 0 saturated carbocycles. The van der Waals surface area contributed by atoms with Crippen molar-refractivity contribution in [2.45, 2.75) is 127 Å². The van der Waals surface area contributed by atoms with Gasteiger partial charge >= 0.3 is 0 Å². The van der Waals surface area contributed by atoms with E-state index in [-0.39, 0.29) is 15.8 Å². The van der Waals surface area contributed by atoms with E-state index in [1.54, 1.807) is 32.1 Å². The minimum Gasteiger partial charge on any atom is -0.0927 e. The highest BCUT2D eigenvalue weighted by Crippen LogP contribution is 2.75. The van der Waals surface area contributed by atoms with Gasteiger partial charge in [0.1, 0.15) is 0 Å². The van der Waals surface area contributed by atoms with Gasteiger partial charge in [-0.2, -0.15) is 0 Å². The third-order valence-electron chi connectivity index (χ3n) is 6.61. The van der Waals surface area contributed by atoms with E-state index in [2.05, 4.69) is 41.5 Å². The molecule has 2 heterocycles. The Morgan fingerprint density at radius 1 is 0.652 bits per heavy atom. The maximum atomic E-state index is 2.49. The first kappa shape index (κ1) is 20.2. The molecule has 0 nitrogen and oxygen atoms in total. The van der Waals surface area contributed by atoms with Crippen LogP contribution in [-0.4, -0.2) is 28.0 Å². The van der Waals surface area contributed by atoms with Gasteiger partial charge < -0.3 is 0 Å². The molecule has 2 aliphatic rings. The summed E-state index contributed by atoms with van der Waals surface area (Å²) in [6, 6.07) is 0. The Morgan fingerprint density at radius 3 is 1.17 bits per heavy atom. The smallest absolute Gasteiger partial charge is 0.000653 e.